The SMILES string of the molecule is [2H]O[C@@]1([2H])C([2H])([2H])[C@]([2H])([15n]2c([2H])[15n]c3c(=O)[15n]([2H])c([15N]([2H])[2H])[15n]c32)O[C@]1([2H])C([2H])([2H])OP(=O)([O-])[O-].[Li+].[Li+]. The second-order valence-corrected chi connectivity index (χ2v) is 4.96. The van der Waals surface area contributed by atoms with Gasteiger partial charge in [0.25, 0.3) is 5.56 Å². The molecular weight excluding hydrogens is 352 g/mol. The van der Waals surface area contributed by atoms with Crippen LogP contribution in [0, 0.1) is 0 Å². The molecule has 3 heterocycles. The van der Waals surface area contributed by atoms with Gasteiger partial charge in [-0.05, 0) is 0 Å². The number of aromatic amines is 1. The summed E-state index contributed by atoms with van der Waals surface area (Å²) in [5.74, 6) is -1.07. The first-order valence-electron chi connectivity index (χ1n) is 11.2. The minimum atomic E-state index is -6.31. The largest absolute Gasteiger partial charge is 1.00 e. The van der Waals surface area contributed by atoms with Crippen molar-refractivity contribution >= 4 is 24.9 Å². The van der Waals surface area contributed by atoms with E-state index < -0.39 is 68.1 Å². The fourth-order valence-electron chi connectivity index (χ4n) is 1.54. The zero-order valence-electron chi connectivity index (χ0n) is 24.5. The summed E-state index contributed by atoms with van der Waals surface area (Å²) in [6.45, 7) is -4.28. The van der Waals surface area contributed by atoms with Gasteiger partial charge < -0.3 is 34.4 Å². The Morgan fingerprint density at radius 2 is 2.60 bits per heavy atom. The molecule has 25 heavy (non-hydrogen) atoms. The maximum absolute atomic E-state index is 12.4. The number of anilines is 1. The fraction of sp³-hybridized carbons (Fsp3) is 0.500. The summed E-state index contributed by atoms with van der Waals surface area (Å²) in [4.78, 5) is 41.3. The molecule has 2 aromatic heterocycles. The summed E-state index contributed by atoms with van der Waals surface area (Å²) in [6.07, 6.45) is -17.2. The van der Waals surface area contributed by atoms with E-state index in [0.717, 1.165) is 0 Å². The molecule has 2 aromatic rings. The van der Waals surface area contributed by atoms with Gasteiger partial charge in [0, 0.05) is 9.11 Å². The number of imidazole rings is 1. The van der Waals surface area contributed by atoms with Crippen LogP contribution in [0.5, 0.6) is 0 Å². The Hall–Kier alpha value is -0.625. The van der Waals surface area contributed by atoms with Gasteiger partial charge in [0.15, 0.2) is 15.4 Å². The molecule has 3 atom stereocenters. The van der Waals surface area contributed by atoms with E-state index in [1.165, 1.54) is 0 Å². The second kappa shape index (κ2) is 8.38. The summed E-state index contributed by atoms with van der Waals surface area (Å²) in [7, 11) is -6.31. The molecule has 12 nitrogen and oxygen atoms in total. The number of fused-ring (bicyclic) bond motifs is 1. The molecule has 0 radical (unpaired) electrons. The Labute approximate surface area is 181 Å². The van der Waals surface area contributed by atoms with Crippen molar-refractivity contribution in [3.63, 3.8) is 0 Å². The molecule has 0 aromatic carbocycles. The van der Waals surface area contributed by atoms with Crippen molar-refractivity contribution in [2.75, 3.05) is 12.3 Å². The Morgan fingerprint density at radius 3 is 3.24 bits per heavy atom. The first kappa shape index (κ1) is 10.1. The normalized spacial score (nSPS) is 41.4. The maximum Gasteiger partial charge on any atom is 1.00 e. The minimum absolute atomic E-state index is 0. The minimum Gasteiger partial charge on any atom is -0.790 e. The van der Waals surface area contributed by atoms with E-state index in [4.69, 9.17) is 21.4 Å². The molecule has 1 saturated heterocycles. The third-order valence-corrected chi connectivity index (χ3v) is 2.69. The third-order valence-electron chi connectivity index (χ3n) is 2.37. The average Bonchev–Trinajstić information content (AvgIpc) is 3.08. The first-order valence-corrected chi connectivity index (χ1v) is 6.95. The third kappa shape index (κ3) is 4.97. The van der Waals surface area contributed by atoms with Crippen molar-refractivity contribution in [1.29, 1.82) is 1.43 Å². The van der Waals surface area contributed by atoms with Crippen LogP contribution in [0.3, 0.4) is 0 Å². The zero-order chi connectivity index (χ0) is 27.2. The van der Waals surface area contributed by atoms with Crippen LogP contribution in [-0.2, 0) is 13.8 Å². The van der Waals surface area contributed by atoms with Gasteiger partial charge in [-0.3, -0.25) is 14.3 Å². The van der Waals surface area contributed by atoms with Crippen LogP contribution in [0.25, 0.3) is 11.2 Å². The van der Waals surface area contributed by atoms with Crippen molar-refractivity contribution in [2.45, 2.75) is 24.7 Å². The number of hydrogen-bond donors (Lipinski definition) is 3. The smallest absolute Gasteiger partial charge is 0.790 e. The number of phosphoric ester groups is 1. The number of nitrogens with zero attached hydrogens (tertiary/aromatic N) is 3. The number of H-pyrrole nitrogens is 1. The van der Waals surface area contributed by atoms with Crippen molar-refractivity contribution in [1.82, 2.24) is 19.5 Å². The van der Waals surface area contributed by atoms with Crippen LogP contribution in [0.4, 0.5) is 5.95 Å². The number of aliphatic hydroxyl groups is 1. The molecule has 1 fully saturated rings. The molecule has 3 rings (SSSR count). The summed E-state index contributed by atoms with van der Waals surface area (Å²) in [5.41, 5.74) is -3.71. The van der Waals surface area contributed by atoms with E-state index >= 15 is 0 Å². The number of nitrogen functional groups attached to an aromatic ring is 1. The molecule has 0 saturated carbocycles. The molecule has 0 amide bonds. The van der Waals surface area contributed by atoms with Gasteiger partial charge in [-0.15, -0.1) is 0 Å². The first-order chi connectivity index (χ1) is 15.6. The van der Waals surface area contributed by atoms with Crippen molar-refractivity contribution in [3.8, 4) is 0 Å². The van der Waals surface area contributed by atoms with E-state index in [-0.39, 0.29) is 53.0 Å². The van der Waals surface area contributed by atoms with Crippen LogP contribution >= 0.6 is 7.82 Å². The van der Waals surface area contributed by atoms with Crippen molar-refractivity contribution in [2.24, 2.45) is 0 Å². The molecule has 4 N–H and O–H groups in total. The predicted molar refractivity (Wildman–Crippen MR) is 70.7 cm³/mol. The van der Waals surface area contributed by atoms with E-state index in [1.807, 2.05) is 0 Å². The van der Waals surface area contributed by atoms with Crippen LogP contribution < -0.4 is 58.8 Å². The monoisotopic (exact) mass is 376 g/mol. The summed E-state index contributed by atoms with van der Waals surface area (Å²) < 4.78 is 113. The molecule has 0 aliphatic carbocycles. The van der Waals surface area contributed by atoms with Crippen LogP contribution in [0.2, 0.25) is 4.24 Å². The van der Waals surface area contributed by atoms with Crippen molar-refractivity contribution < 1.29 is 81.6 Å². The molecular formula is C10H12Li2N5O7P. The van der Waals surface area contributed by atoms with Crippen LogP contribution in [0.1, 0.15) is 23.5 Å². The quantitative estimate of drug-likeness (QED) is 0.248. The number of nitrogens with one attached hydrogen (secondary N) is 1. The van der Waals surface area contributed by atoms with E-state index in [1.54, 1.807) is 0 Å². The van der Waals surface area contributed by atoms with Crippen molar-refractivity contribution in [3.05, 3.63) is 16.7 Å². The Bertz CT molecular complexity index is 1310. The van der Waals surface area contributed by atoms with Gasteiger partial charge >= 0.3 is 37.7 Å². The van der Waals surface area contributed by atoms with Gasteiger partial charge in [0.05, 0.1) is 33.6 Å². The Morgan fingerprint density at radius 1 is 1.84 bits per heavy atom. The Kier molecular flexibility index (Phi) is 3.37. The number of phosphoric acid groups is 1. The second-order valence-electron chi connectivity index (χ2n) is 3.88. The average molecular weight is 376 g/mol. The summed E-state index contributed by atoms with van der Waals surface area (Å²) in [5, 5.41) is 3.90. The van der Waals surface area contributed by atoms with Gasteiger partial charge in [0.1, 0.15) is 13.7 Å². The van der Waals surface area contributed by atoms with Crippen LogP contribution in [0.15, 0.2) is 11.1 Å². The standard InChI is InChI=1S/C10H14N5O7P.2Li/c11-10-13-8-7(9(17)14-10)12-3-15(8)6-1-4(16)5(22-6)2-21-23(18,19)20;;/h3-6,16H,1-2H2,(H2,18,19,20)(H3,11,13,14,17);;/q;2*+1/p-2/t4-,5+,6+;;/m0../s1/i1D2,2D2,3D,4D,5D,6D,11+1,12+1,13+1,14+1,15+1,16D;;/hD3. The number of rotatable bonds is 6. The van der Waals surface area contributed by atoms with Gasteiger partial charge in [-0.25, -0.2) is 4.98 Å². The summed E-state index contributed by atoms with van der Waals surface area (Å²) >= 11 is 0. The number of ether oxygens (including phenoxy) is 1. The molecule has 15 heteroatoms. The number of hydrogen-bond acceptors (Lipinski definition) is 10. The number of nitrogens with two attached hydrogens (primary N) is 1. The van der Waals surface area contributed by atoms with Gasteiger partial charge in [0.2, 0.25) is 7.38 Å². The molecule has 1 aliphatic heterocycles. The Balaban J connectivity index is 0.00000342. The topological polar surface area (TPSA) is 191 Å². The van der Waals surface area contributed by atoms with E-state index in [0.29, 0.717) is 0 Å². The molecule has 1 aliphatic rings. The van der Waals surface area contributed by atoms with E-state index in [9.17, 15) is 19.1 Å². The molecule has 126 valence electrons. The molecule has 0 unspecified atom stereocenters. The fourth-order valence-corrected chi connectivity index (χ4v) is 1.74. The van der Waals surface area contributed by atoms with Gasteiger partial charge in [-0.2, -0.15) is 4.98 Å². The molecule has 0 spiro atoms. The van der Waals surface area contributed by atoms with Crippen LogP contribution in [-0.4, -0.2) is 44.8 Å². The number of aromatic nitrogens is 4. The predicted octanol–water partition coefficient (Wildman–Crippen LogP) is -8.80. The maximum atomic E-state index is 12.4. The van der Waals surface area contributed by atoms with E-state index in [2.05, 4.69) is 19.6 Å². The molecule has 0 bridgehead atoms. The zero-order valence-corrected chi connectivity index (χ0v) is 13.4. The summed E-state index contributed by atoms with van der Waals surface area (Å²) in [6, 6.07) is 0. The van der Waals surface area contributed by atoms with Gasteiger partial charge in [-0.1, -0.05) is 0 Å².